The lowest BCUT2D eigenvalue weighted by molar-refractivity contribution is 0.112. The number of methoxy groups -OCH3 is 1. The van der Waals surface area contributed by atoms with E-state index in [0.717, 1.165) is 12.8 Å². The Balaban J connectivity index is 2.96. The summed E-state index contributed by atoms with van der Waals surface area (Å²) >= 11 is 5.92. The van der Waals surface area contributed by atoms with Crippen molar-refractivity contribution in [3.05, 3.63) is 16.5 Å². The second-order valence-corrected chi connectivity index (χ2v) is 4.39. The zero-order valence-corrected chi connectivity index (χ0v) is 11.6. The van der Waals surface area contributed by atoms with Gasteiger partial charge in [0.25, 0.3) is 0 Å². The summed E-state index contributed by atoms with van der Waals surface area (Å²) < 4.78 is 5.14. The van der Waals surface area contributed by atoms with Gasteiger partial charge in [0.05, 0.1) is 18.2 Å². The van der Waals surface area contributed by atoms with Gasteiger partial charge in [-0.2, -0.15) is 0 Å². The number of aldehydes is 1. The van der Waals surface area contributed by atoms with Crippen molar-refractivity contribution < 1.29 is 9.53 Å². The van der Waals surface area contributed by atoms with Crippen LogP contribution in [-0.4, -0.2) is 36.0 Å². The molecule has 0 aromatic carbocycles. The van der Waals surface area contributed by atoms with Crippen LogP contribution in [0.2, 0.25) is 5.15 Å². The standard InChI is InChI=1S/C12H18ClN3O2/c1-4-5-9(7-18-3)16-12-10(6-17)11(13)14-8(2)15-12/h6,9H,4-5,7H2,1-3H3,(H,14,15,16). The fourth-order valence-corrected chi connectivity index (χ4v) is 1.96. The molecule has 1 rings (SSSR count). The summed E-state index contributed by atoms with van der Waals surface area (Å²) in [7, 11) is 1.64. The van der Waals surface area contributed by atoms with E-state index in [9.17, 15) is 4.79 Å². The predicted octanol–water partition coefficient (Wildman–Crippen LogP) is 2.48. The highest BCUT2D eigenvalue weighted by atomic mass is 35.5. The first-order valence-corrected chi connectivity index (χ1v) is 6.24. The molecule has 0 saturated heterocycles. The predicted molar refractivity (Wildman–Crippen MR) is 71.4 cm³/mol. The normalized spacial score (nSPS) is 12.2. The fraction of sp³-hybridized carbons (Fsp3) is 0.583. The second-order valence-electron chi connectivity index (χ2n) is 4.03. The Morgan fingerprint density at radius 3 is 2.78 bits per heavy atom. The second kappa shape index (κ2) is 7.28. The van der Waals surface area contributed by atoms with Crippen molar-refractivity contribution in [2.45, 2.75) is 32.7 Å². The maximum atomic E-state index is 11.0. The monoisotopic (exact) mass is 271 g/mol. The van der Waals surface area contributed by atoms with E-state index in [1.54, 1.807) is 14.0 Å². The van der Waals surface area contributed by atoms with Crippen molar-refractivity contribution in [3.8, 4) is 0 Å². The molecule has 5 nitrogen and oxygen atoms in total. The average molecular weight is 272 g/mol. The summed E-state index contributed by atoms with van der Waals surface area (Å²) in [6, 6.07) is 0.101. The molecule has 0 spiro atoms. The Kier molecular flexibility index (Phi) is 6.01. The van der Waals surface area contributed by atoms with Crippen molar-refractivity contribution >= 4 is 23.7 Å². The molecule has 1 aromatic heterocycles. The SMILES string of the molecule is CCCC(COC)Nc1nc(C)nc(Cl)c1C=O. The van der Waals surface area contributed by atoms with E-state index < -0.39 is 0 Å². The molecule has 1 heterocycles. The number of ether oxygens (including phenoxy) is 1. The van der Waals surface area contributed by atoms with Crippen LogP contribution in [-0.2, 0) is 4.74 Å². The van der Waals surface area contributed by atoms with Crippen LogP contribution < -0.4 is 5.32 Å². The van der Waals surface area contributed by atoms with Crippen molar-refractivity contribution in [1.82, 2.24) is 9.97 Å². The van der Waals surface area contributed by atoms with Crippen molar-refractivity contribution in [3.63, 3.8) is 0 Å². The van der Waals surface area contributed by atoms with Gasteiger partial charge in [0.1, 0.15) is 16.8 Å². The van der Waals surface area contributed by atoms with E-state index in [2.05, 4.69) is 22.2 Å². The molecule has 0 saturated carbocycles. The van der Waals surface area contributed by atoms with E-state index in [0.29, 0.717) is 30.1 Å². The van der Waals surface area contributed by atoms with E-state index in [4.69, 9.17) is 16.3 Å². The molecule has 1 N–H and O–H groups in total. The molecule has 0 radical (unpaired) electrons. The van der Waals surface area contributed by atoms with Crippen molar-refractivity contribution in [2.75, 3.05) is 19.0 Å². The number of anilines is 1. The highest BCUT2D eigenvalue weighted by Gasteiger charge is 2.15. The molecule has 0 amide bonds. The molecule has 6 heteroatoms. The zero-order chi connectivity index (χ0) is 13.5. The molecule has 18 heavy (non-hydrogen) atoms. The van der Waals surface area contributed by atoms with Gasteiger partial charge < -0.3 is 10.1 Å². The van der Waals surface area contributed by atoms with Crippen LogP contribution in [0.4, 0.5) is 5.82 Å². The number of nitrogens with one attached hydrogen (secondary N) is 1. The Labute approximate surface area is 112 Å². The number of hydrogen-bond donors (Lipinski definition) is 1. The topological polar surface area (TPSA) is 64.1 Å². The number of nitrogens with zero attached hydrogens (tertiary/aromatic N) is 2. The smallest absolute Gasteiger partial charge is 0.156 e. The maximum Gasteiger partial charge on any atom is 0.156 e. The van der Waals surface area contributed by atoms with Crippen LogP contribution in [0.5, 0.6) is 0 Å². The van der Waals surface area contributed by atoms with Gasteiger partial charge in [0, 0.05) is 7.11 Å². The Morgan fingerprint density at radius 2 is 2.22 bits per heavy atom. The zero-order valence-electron chi connectivity index (χ0n) is 10.9. The molecule has 1 unspecified atom stereocenters. The van der Waals surface area contributed by atoms with Gasteiger partial charge in [-0.05, 0) is 13.3 Å². The summed E-state index contributed by atoms with van der Waals surface area (Å²) in [6.07, 6.45) is 2.60. The highest BCUT2D eigenvalue weighted by Crippen LogP contribution is 2.20. The summed E-state index contributed by atoms with van der Waals surface area (Å²) in [5.74, 6) is 0.999. The van der Waals surface area contributed by atoms with Crippen LogP contribution >= 0.6 is 11.6 Å². The third-order valence-electron chi connectivity index (χ3n) is 2.47. The van der Waals surface area contributed by atoms with Gasteiger partial charge in [-0.25, -0.2) is 9.97 Å². The van der Waals surface area contributed by atoms with E-state index in [1.165, 1.54) is 0 Å². The lowest BCUT2D eigenvalue weighted by atomic mass is 10.1. The molecule has 100 valence electrons. The lowest BCUT2D eigenvalue weighted by Gasteiger charge is -2.19. The number of carbonyl (C=O) groups is 1. The number of rotatable bonds is 7. The van der Waals surface area contributed by atoms with Crippen LogP contribution in [0, 0.1) is 6.92 Å². The number of hydrogen-bond acceptors (Lipinski definition) is 5. The van der Waals surface area contributed by atoms with Gasteiger partial charge in [-0.15, -0.1) is 0 Å². The Bertz CT molecular complexity index is 407. The average Bonchev–Trinajstić information content (AvgIpc) is 2.29. The van der Waals surface area contributed by atoms with Crippen LogP contribution in [0.1, 0.15) is 35.9 Å². The van der Waals surface area contributed by atoms with Gasteiger partial charge in [0.15, 0.2) is 6.29 Å². The molecule has 1 aromatic rings. The number of aromatic nitrogens is 2. The molecule has 0 aliphatic carbocycles. The minimum absolute atomic E-state index is 0.101. The fourth-order valence-electron chi connectivity index (χ4n) is 1.70. The van der Waals surface area contributed by atoms with Gasteiger partial charge >= 0.3 is 0 Å². The number of halogens is 1. The highest BCUT2D eigenvalue weighted by molar-refractivity contribution is 6.32. The first kappa shape index (κ1) is 14.9. The van der Waals surface area contributed by atoms with E-state index in [1.807, 2.05) is 0 Å². The van der Waals surface area contributed by atoms with Crippen LogP contribution in [0.3, 0.4) is 0 Å². The largest absolute Gasteiger partial charge is 0.383 e. The summed E-state index contributed by atoms with van der Waals surface area (Å²) in [6.45, 7) is 4.37. The number of carbonyl (C=O) groups excluding carboxylic acids is 1. The molecule has 0 fully saturated rings. The van der Waals surface area contributed by atoms with E-state index in [-0.39, 0.29) is 11.2 Å². The van der Waals surface area contributed by atoms with Crippen LogP contribution in [0.25, 0.3) is 0 Å². The molecule has 0 bridgehead atoms. The first-order valence-electron chi connectivity index (χ1n) is 5.87. The summed E-state index contributed by atoms with van der Waals surface area (Å²) in [5.41, 5.74) is 0.291. The molecule has 0 aliphatic rings. The minimum atomic E-state index is 0.101. The third kappa shape index (κ3) is 3.92. The van der Waals surface area contributed by atoms with Crippen LogP contribution in [0.15, 0.2) is 0 Å². The molecular weight excluding hydrogens is 254 g/mol. The molecular formula is C12H18ClN3O2. The lowest BCUT2D eigenvalue weighted by Crippen LogP contribution is -2.26. The Morgan fingerprint density at radius 1 is 1.50 bits per heavy atom. The Hall–Kier alpha value is -1.20. The summed E-state index contributed by atoms with van der Waals surface area (Å²) in [4.78, 5) is 19.2. The van der Waals surface area contributed by atoms with Gasteiger partial charge in [-0.3, -0.25) is 4.79 Å². The van der Waals surface area contributed by atoms with Crippen molar-refractivity contribution in [1.29, 1.82) is 0 Å². The first-order chi connectivity index (χ1) is 8.62. The quantitative estimate of drug-likeness (QED) is 0.610. The number of aryl methyl sites for hydroxylation is 1. The summed E-state index contributed by atoms with van der Waals surface area (Å²) in [5, 5.41) is 3.36. The molecule has 0 aliphatic heterocycles. The minimum Gasteiger partial charge on any atom is -0.383 e. The van der Waals surface area contributed by atoms with Gasteiger partial charge in [0.2, 0.25) is 0 Å². The van der Waals surface area contributed by atoms with Crippen molar-refractivity contribution in [2.24, 2.45) is 0 Å². The van der Waals surface area contributed by atoms with E-state index >= 15 is 0 Å². The molecule has 1 atom stereocenters. The maximum absolute atomic E-state index is 11.0. The third-order valence-corrected chi connectivity index (χ3v) is 2.76. The van der Waals surface area contributed by atoms with Gasteiger partial charge in [-0.1, -0.05) is 24.9 Å².